The van der Waals surface area contributed by atoms with Crippen molar-refractivity contribution < 1.29 is 4.79 Å². The minimum Gasteiger partial charge on any atom is -0.348 e. The summed E-state index contributed by atoms with van der Waals surface area (Å²) in [6.45, 7) is 6.01. The molecule has 1 aromatic heterocycles. The lowest BCUT2D eigenvalue weighted by Crippen LogP contribution is -2.42. The van der Waals surface area contributed by atoms with E-state index < -0.39 is 0 Å². The van der Waals surface area contributed by atoms with E-state index in [-0.39, 0.29) is 6.04 Å². The van der Waals surface area contributed by atoms with Gasteiger partial charge in [0.15, 0.2) is 0 Å². The number of carbonyl (C=O) groups excluding carboxylic acids is 1. The normalized spacial score (nSPS) is 16.9. The minimum absolute atomic E-state index is 0.0484. The van der Waals surface area contributed by atoms with E-state index in [1.165, 1.54) is 29.7 Å². The molecule has 0 aliphatic carbocycles. The summed E-state index contributed by atoms with van der Waals surface area (Å²) in [4.78, 5) is 15.0. The van der Waals surface area contributed by atoms with Crippen molar-refractivity contribution in [3.05, 3.63) is 59.4 Å². The summed E-state index contributed by atoms with van der Waals surface area (Å²) in [7, 11) is 0. The quantitative estimate of drug-likeness (QED) is 0.707. The molecule has 0 bridgehead atoms. The number of benzene rings is 1. The Kier molecular flexibility index (Phi) is 5.39. The second-order valence-corrected chi connectivity index (χ2v) is 6.84. The van der Waals surface area contributed by atoms with Crippen molar-refractivity contribution in [2.24, 2.45) is 0 Å². The lowest BCUT2D eigenvalue weighted by atomic mass is 9.97. The molecular formula is C21H28N2O. The second kappa shape index (κ2) is 7.69. The van der Waals surface area contributed by atoms with Crippen molar-refractivity contribution in [3.8, 4) is 0 Å². The number of aryl methyl sites for hydroxylation is 1. The molecule has 0 saturated heterocycles. The fourth-order valence-corrected chi connectivity index (χ4v) is 3.69. The molecule has 0 spiro atoms. The molecule has 0 N–H and O–H groups in total. The first kappa shape index (κ1) is 16.8. The standard InChI is InChI=1S/C21H28N2O/c1-3-4-5-6-12-20(24)23-15-14-22-13-8-11-19(22)21(23)18-10-7-9-17(2)16-18/h7-11,13,16,21H,3-6,12,14-15H2,1-2H3. The topological polar surface area (TPSA) is 25.2 Å². The lowest BCUT2D eigenvalue weighted by molar-refractivity contribution is -0.134. The summed E-state index contributed by atoms with van der Waals surface area (Å²) in [6, 6.07) is 12.9. The van der Waals surface area contributed by atoms with Crippen LogP contribution in [0.2, 0.25) is 0 Å². The molecule has 3 heteroatoms. The SMILES string of the molecule is CCCCCCC(=O)N1CCn2cccc2C1c1cccc(C)c1. The first-order chi connectivity index (χ1) is 11.7. The molecule has 2 heterocycles. The van der Waals surface area contributed by atoms with Crippen molar-refractivity contribution in [3.63, 3.8) is 0 Å². The Morgan fingerprint density at radius 2 is 2.00 bits per heavy atom. The van der Waals surface area contributed by atoms with E-state index >= 15 is 0 Å². The fourth-order valence-electron chi connectivity index (χ4n) is 3.69. The molecule has 0 radical (unpaired) electrons. The van der Waals surface area contributed by atoms with Gasteiger partial charge in [-0.3, -0.25) is 4.79 Å². The number of hydrogen-bond donors (Lipinski definition) is 0. The van der Waals surface area contributed by atoms with Crippen LogP contribution in [0.1, 0.15) is 61.9 Å². The van der Waals surface area contributed by atoms with Gasteiger partial charge in [-0.1, -0.05) is 56.0 Å². The summed E-state index contributed by atoms with van der Waals surface area (Å²) in [5.74, 6) is 0.296. The van der Waals surface area contributed by atoms with Crippen LogP contribution >= 0.6 is 0 Å². The molecule has 1 aromatic carbocycles. The summed E-state index contributed by atoms with van der Waals surface area (Å²) >= 11 is 0. The first-order valence-electron chi connectivity index (χ1n) is 9.21. The van der Waals surface area contributed by atoms with Gasteiger partial charge in [-0.2, -0.15) is 0 Å². The van der Waals surface area contributed by atoms with Crippen LogP contribution in [0, 0.1) is 6.92 Å². The molecule has 0 fully saturated rings. The Labute approximate surface area is 145 Å². The number of carbonyl (C=O) groups is 1. The van der Waals surface area contributed by atoms with Crippen molar-refractivity contribution in [1.29, 1.82) is 0 Å². The smallest absolute Gasteiger partial charge is 0.223 e. The number of aromatic nitrogens is 1. The maximum absolute atomic E-state index is 12.9. The van der Waals surface area contributed by atoms with Gasteiger partial charge in [-0.25, -0.2) is 0 Å². The molecular weight excluding hydrogens is 296 g/mol. The maximum atomic E-state index is 12.9. The van der Waals surface area contributed by atoms with Gasteiger partial charge in [0.25, 0.3) is 0 Å². The summed E-state index contributed by atoms with van der Waals surface area (Å²) in [6.07, 6.45) is 7.38. The zero-order chi connectivity index (χ0) is 16.9. The highest BCUT2D eigenvalue weighted by Crippen LogP contribution is 2.33. The molecule has 1 amide bonds. The van der Waals surface area contributed by atoms with E-state index in [0.717, 1.165) is 25.9 Å². The number of rotatable bonds is 6. The third kappa shape index (κ3) is 3.55. The zero-order valence-corrected chi connectivity index (χ0v) is 14.9. The van der Waals surface area contributed by atoms with Crippen molar-refractivity contribution in [2.75, 3.05) is 6.54 Å². The Hall–Kier alpha value is -2.03. The first-order valence-corrected chi connectivity index (χ1v) is 9.21. The van der Waals surface area contributed by atoms with E-state index in [1.807, 2.05) is 0 Å². The van der Waals surface area contributed by atoms with Gasteiger partial charge >= 0.3 is 0 Å². The number of hydrogen-bond acceptors (Lipinski definition) is 1. The van der Waals surface area contributed by atoms with Gasteiger partial charge in [0.1, 0.15) is 0 Å². The average Bonchev–Trinajstić information content (AvgIpc) is 3.06. The van der Waals surface area contributed by atoms with Crippen LogP contribution in [0.25, 0.3) is 0 Å². The predicted octanol–water partition coefficient (Wildman–Crippen LogP) is 4.70. The highest BCUT2D eigenvalue weighted by atomic mass is 16.2. The highest BCUT2D eigenvalue weighted by Gasteiger charge is 2.31. The van der Waals surface area contributed by atoms with Crippen LogP contribution in [-0.4, -0.2) is 21.9 Å². The van der Waals surface area contributed by atoms with Crippen LogP contribution in [-0.2, 0) is 11.3 Å². The minimum atomic E-state index is 0.0484. The van der Waals surface area contributed by atoms with Gasteiger partial charge in [-0.05, 0) is 31.0 Å². The molecule has 128 valence electrons. The molecule has 0 saturated carbocycles. The molecule has 1 unspecified atom stereocenters. The number of fused-ring (bicyclic) bond motifs is 1. The monoisotopic (exact) mass is 324 g/mol. The van der Waals surface area contributed by atoms with Crippen LogP contribution in [0.3, 0.4) is 0 Å². The van der Waals surface area contributed by atoms with E-state index in [2.05, 4.69) is 65.9 Å². The third-order valence-corrected chi connectivity index (χ3v) is 4.96. The largest absolute Gasteiger partial charge is 0.348 e. The van der Waals surface area contributed by atoms with Gasteiger partial charge in [0.05, 0.1) is 6.04 Å². The average molecular weight is 324 g/mol. The Bertz CT molecular complexity index is 689. The van der Waals surface area contributed by atoms with Crippen molar-refractivity contribution in [2.45, 2.75) is 58.5 Å². The third-order valence-electron chi connectivity index (χ3n) is 4.96. The van der Waals surface area contributed by atoms with Gasteiger partial charge < -0.3 is 9.47 Å². The molecule has 1 aliphatic heterocycles. The van der Waals surface area contributed by atoms with Gasteiger partial charge in [0, 0.05) is 31.4 Å². The number of unbranched alkanes of at least 4 members (excludes halogenated alkanes) is 3. The highest BCUT2D eigenvalue weighted by molar-refractivity contribution is 5.77. The molecule has 3 nitrogen and oxygen atoms in total. The predicted molar refractivity (Wildman–Crippen MR) is 97.9 cm³/mol. The summed E-state index contributed by atoms with van der Waals surface area (Å²) in [5, 5.41) is 0. The van der Waals surface area contributed by atoms with E-state index in [1.54, 1.807) is 0 Å². The molecule has 24 heavy (non-hydrogen) atoms. The zero-order valence-electron chi connectivity index (χ0n) is 14.9. The fraction of sp³-hybridized carbons (Fsp3) is 0.476. The number of nitrogens with zero attached hydrogens (tertiary/aromatic N) is 2. The molecule has 3 rings (SSSR count). The van der Waals surface area contributed by atoms with Crippen molar-refractivity contribution in [1.82, 2.24) is 9.47 Å². The summed E-state index contributed by atoms with van der Waals surface area (Å²) < 4.78 is 2.29. The Morgan fingerprint density at radius 1 is 1.12 bits per heavy atom. The number of amides is 1. The molecule has 2 aromatic rings. The van der Waals surface area contributed by atoms with E-state index in [0.29, 0.717) is 12.3 Å². The van der Waals surface area contributed by atoms with Crippen LogP contribution in [0.5, 0.6) is 0 Å². The summed E-state index contributed by atoms with van der Waals surface area (Å²) in [5.41, 5.74) is 3.69. The second-order valence-electron chi connectivity index (χ2n) is 6.84. The van der Waals surface area contributed by atoms with E-state index in [9.17, 15) is 4.79 Å². The van der Waals surface area contributed by atoms with Crippen LogP contribution < -0.4 is 0 Å². The van der Waals surface area contributed by atoms with Crippen molar-refractivity contribution >= 4 is 5.91 Å². The maximum Gasteiger partial charge on any atom is 0.223 e. The van der Waals surface area contributed by atoms with E-state index in [4.69, 9.17) is 0 Å². The van der Waals surface area contributed by atoms with Gasteiger partial charge in [0.2, 0.25) is 5.91 Å². The molecule has 1 aliphatic rings. The Morgan fingerprint density at radius 3 is 2.79 bits per heavy atom. The van der Waals surface area contributed by atoms with Crippen LogP contribution in [0.15, 0.2) is 42.6 Å². The lowest BCUT2D eigenvalue weighted by Gasteiger charge is -2.37. The van der Waals surface area contributed by atoms with Gasteiger partial charge in [-0.15, -0.1) is 0 Å². The molecule has 1 atom stereocenters. The Balaban J connectivity index is 1.83. The van der Waals surface area contributed by atoms with Crippen LogP contribution in [0.4, 0.5) is 0 Å².